The van der Waals surface area contributed by atoms with Gasteiger partial charge in [-0.05, 0) is 36.8 Å². The van der Waals surface area contributed by atoms with E-state index in [1.165, 1.54) is 30.3 Å². The van der Waals surface area contributed by atoms with Crippen LogP contribution in [0.1, 0.15) is 43.3 Å². The van der Waals surface area contributed by atoms with Crippen LogP contribution in [0.4, 0.5) is 0 Å². The fourth-order valence-electron chi connectivity index (χ4n) is 3.60. The second kappa shape index (κ2) is 5.85. The van der Waals surface area contributed by atoms with Crippen LogP contribution >= 0.6 is 0 Å². The predicted octanol–water partition coefficient (Wildman–Crippen LogP) is 1.71. The first kappa shape index (κ1) is 16.4. The largest absolute Gasteiger partial charge is 0.364 e. The number of amides is 2. The molecule has 3 heterocycles. The van der Waals surface area contributed by atoms with Gasteiger partial charge in [0.25, 0.3) is 17.4 Å². The third kappa shape index (κ3) is 2.27. The Morgan fingerprint density at radius 3 is 2.43 bits per heavy atom. The molecule has 8 heteroatoms. The molecule has 0 saturated heterocycles. The average molecular weight is 375 g/mol. The molecular formula is C20H13N3O5. The zero-order valence-corrected chi connectivity index (χ0v) is 14.5. The van der Waals surface area contributed by atoms with E-state index in [0.717, 1.165) is 6.42 Å². The monoisotopic (exact) mass is 375 g/mol. The smallest absolute Gasteiger partial charge is 0.324 e. The van der Waals surface area contributed by atoms with Crippen molar-refractivity contribution in [1.82, 2.24) is 14.6 Å². The number of hydroxylamine groups is 2. The Kier molecular flexibility index (Phi) is 3.42. The third-order valence-corrected chi connectivity index (χ3v) is 4.98. The van der Waals surface area contributed by atoms with Crippen molar-refractivity contribution >= 4 is 28.7 Å². The lowest BCUT2D eigenvalue weighted by atomic mass is 10.1. The zero-order valence-electron chi connectivity index (χ0n) is 14.5. The van der Waals surface area contributed by atoms with E-state index in [1.807, 2.05) is 0 Å². The number of hydrogen-bond donors (Lipinski definition) is 0. The van der Waals surface area contributed by atoms with Crippen molar-refractivity contribution in [3.05, 3.63) is 75.3 Å². The first-order valence-corrected chi connectivity index (χ1v) is 8.78. The van der Waals surface area contributed by atoms with Gasteiger partial charge >= 0.3 is 5.97 Å². The van der Waals surface area contributed by atoms with E-state index in [1.54, 1.807) is 16.7 Å². The van der Waals surface area contributed by atoms with Gasteiger partial charge in [-0.3, -0.25) is 19.0 Å². The molecule has 0 N–H and O–H groups in total. The molecule has 0 radical (unpaired) electrons. The number of carbonyl (C=O) groups is 3. The van der Waals surface area contributed by atoms with Crippen LogP contribution in [-0.2, 0) is 17.8 Å². The minimum atomic E-state index is -0.876. The van der Waals surface area contributed by atoms with Gasteiger partial charge in [-0.25, -0.2) is 9.78 Å². The molecule has 8 nitrogen and oxygen atoms in total. The first-order chi connectivity index (χ1) is 13.5. The SMILES string of the molecule is O=C(ON1C(=O)c2ccccc2C1=O)c1ccc2c(=O)n3c(nc2c1)CCC3. The first-order valence-electron chi connectivity index (χ1n) is 8.78. The van der Waals surface area contributed by atoms with E-state index < -0.39 is 17.8 Å². The number of aromatic nitrogens is 2. The summed E-state index contributed by atoms with van der Waals surface area (Å²) in [6.45, 7) is 0.640. The van der Waals surface area contributed by atoms with E-state index in [2.05, 4.69) is 4.98 Å². The number of aryl methyl sites for hydroxylation is 1. The molecule has 2 aromatic carbocycles. The Bertz CT molecular complexity index is 1230. The summed E-state index contributed by atoms with van der Waals surface area (Å²) in [6.07, 6.45) is 1.56. The quantitative estimate of drug-likeness (QED) is 0.633. The highest BCUT2D eigenvalue weighted by Crippen LogP contribution is 2.24. The van der Waals surface area contributed by atoms with E-state index in [-0.39, 0.29) is 22.2 Å². The average Bonchev–Trinajstić information content (AvgIpc) is 3.27. The van der Waals surface area contributed by atoms with Gasteiger partial charge in [0.1, 0.15) is 5.82 Å². The van der Waals surface area contributed by atoms with Crippen LogP contribution in [0.3, 0.4) is 0 Å². The van der Waals surface area contributed by atoms with Crippen molar-refractivity contribution in [3.8, 4) is 0 Å². The van der Waals surface area contributed by atoms with Crippen LogP contribution in [0, 0.1) is 0 Å². The van der Waals surface area contributed by atoms with E-state index in [0.29, 0.717) is 34.8 Å². The number of rotatable bonds is 2. The molecule has 28 heavy (non-hydrogen) atoms. The molecule has 138 valence electrons. The molecular weight excluding hydrogens is 362 g/mol. The summed E-state index contributed by atoms with van der Waals surface area (Å²) in [6, 6.07) is 10.6. The van der Waals surface area contributed by atoms with Crippen LogP contribution in [0.5, 0.6) is 0 Å². The molecule has 0 unspecified atom stereocenters. The Labute approximate surface area is 157 Å². The van der Waals surface area contributed by atoms with E-state index >= 15 is 0 Å². The normalized spacial score (nSPS) is 15.1. The van der Waals surface area contributed by atoms with E-state index in [9.17, 15) is 19.2 Å². The second-order valence-electron chi connectivity index (χ2n) is 6.65. The summed E-state index contributed by atoms with van der Waals surface area (Å²) in [7, 11) is 0. The van der Waals surface area contributed by atoms with Crippen LogP contribution in [0.15, 0.2) is 47.3 Å². The van der Waals surface area contributed by atoms with Crippen molar-refractivity contribution in [2.24, 2.45) is 0 Å². The number of benzene rings is 2. The second-order valence-corrected chi connectivity index (χ2v) is 6.65. The molecule has 5 rings (SSSR count). The van der Waals surface area contributed by atoms with Crippen molar-refractivity contribution < 1.29 is 19.2 Å². The van der Waals surface area contributed by atoms with Gasteiger partial charge in [0.2, 0.25) is 0 Å². The van der Waals surface area contributed by atoms with Gasteiger partial charge in [-0.2, -0.15) is 0 Å². The highest BCUT2D eigenvalue weighted by Gasteiger charge is 2.38. The Balaban J connectivity index is 1.47. The van der Waals surface area contributed by atoms with Gasteiger partial charge < -0.3 is 4.84 Å². The van der Waals surface area contributed by atoms with Crippen LogP contribution < -0.4 is 5.56 Å². The Morgan fingerprint density at radius 1 is 1.00 bits per heavy atom. The van der Waals surface area contributed by atoms with Crippen molar-refractivity contribution in [2.45, 2.75) is 19.4 Å². The van der Waals surface area contributed by atoms with Crippen molar-refractivity contribution in [3.63, 3.8) is 0 Å². The van der Waals surface area contributed by atoms with Gasteiger partial charge in [0.05, 0.1) is 27.6 Å². The lowest BCUT2D eigenvalue weighted by Crippen LogP contribution is -2.32. The number of hydrogen-bond acceptors (Lipinski definition) is 6. The topological polar surface area (TPSA) is 98.6 Å². The Hall–Kier alpha value is -3.81. The third-order valence-electron chi connectivity index (χ3n) is 4.98. The molecule has 0 spiro atoms. The molecule has 1 aromatic heterocycles. The zero-order chi connectivity index (χ0) is 19.4. The number of imide groups is 1. The molecule has 0 saturated carbocycles. The summed E-state index contributed by atoms with van der Waals surface area (Å²) in [5.74, 6) is -1.57. The van der Waals surface area contributed by atoms with Gasteiger partial charge in [0.15, 0.2) is 0 Å². The fraction of sp³-hybridized carbons (Fsp3) is 0.150. The molecule has 2 aliphatic rings. The summed E-state index contributed by atoms with van der Waals surface area (Å²) in [5, 5.41) is 0.866. The molecule has 0 fully saturated rings. The summed E-state index contributed by atoms with van der Waals surface area (Å²) >= 11 is 0. The van der Waals surface area contributed by atoms with Crippen molar-refractivity contribution in [1.29, 1.82) is 0 Å². The van der Waals surface area contributed by atoms with E-state index in [4.69, 9.17) is 4.84 Å². The van der Waals surface area contributed by atoms with Crippen LogP contribution in [0.2, 0.25) is 0 Å². The maximum atomic E-state index is 12.5. The van der Waals surface area contributed by atoms with Crippen molar-refractivity contribution in [2.75, 3.05) is 0 Å². The maximum absolute atomic E-state index is 12.5. The number of carbonyl (C=O) groups excluding carboxylic acids is 3. The molecule has 2 amide bonds. The van der Waals surface area contributed by atoms with Gasteiger partial charge in [-0.15, -0.1) is 0 Å². The lowest BCUT2D eigenvalue weighted by molar-refractivity contribution is -0.0584. The highest BCUT2D eigenvalue weighted by molar-refractivity contribution is 6.21. The van der Waals surface area contributed by atoms with Crippen LogP contribution in [-0.4, -0.2) is 32.4 Å². The molecule has 0 bridgehead atoms. The van der Waals surface area contributed by atoms with Crippen LogP contribution in [0.25, 0.3) is 10.9 Å². The summed E-state index contributed by atoms with van der Waals surface area (Å²) < 4.78 is 1.64. The fourth-order valence-corrected chi connectivity index (χ4v) is 3.60. The minimum Gasteiger partial charge on any atom is -0.324 e. The molecule has 2 aliphatic heterocycles. The standard InChI is InChI=1S/C20H13N3O5/c24-17-14-8-7-11(10-15(14)21-16-6-3-9-22(16)17)20(27)28-23-18(25)12-4-1-2-5-13(12)19(23)26/h1-2,4-5,7-8,10H,3,6,9H2. The molecule has 0 aliphatic carbocycles. The molecule has 3 aromatic rings. The lowest BCUT2D eigenvalue weighted by Gasteiger charge is -2.13. The highest BCUT2D eigenvalue weighted by atomic mass is 16.7. The minimum absolute atomic E-state index is 0.0962. The molecule has 0 atom stereocenters. The van der Waals surface area contributed by atoms with Gasteiger partial charge in [-0.1, -0.05) is 17.2 Å². The maximum Gasteiger partial charge on any atom is 0.364 e. The number of fused-ring (bicyclic) bond motifs is 3. The summed E-state index contributed by atoms with van der Waals surface area (Å²) in [5.41, 5.74) is 0.708. The Morgan fingerprint density at radius 2 is 1.71 bits per heavy atom. The summed E-state index contributed by atoms with van der Waals surface area (Å²) in [4.78, 5) is 59.2. The van der Waals surface area contributed by atoms with Gasteiger partial charge in [0, 0.05) is 13.0 Å². The number of nitrogens with zero attached hydrogens (tertiary/aromatic N) is 3. The predicted molar refractivity (Wildman–Crippen MR) is 96.7 cm³/mol.